The van der Waals surface area contributed by atoms with E-state index in [0.29, 0.717) is 13.0 Å². The Morgan fingerprint density at radius 2 is 1.97 bits per heavy atom. The fourth-order valence-corrected chi connectivity index (χ4v) is 4.59. The van der Waals surface area contributed by atoms with Crippen molar-refractivity contribution < 1.29 is 14.3 Å². The van der Waals surface area contributed by atoms with Crippen LogP contribution in [-0.4, -0.2) is 48.2 Å². The highest BCUT2D eigenvalue weighted by molar-refractivity contribution is 6.05. The van der Waals surface area contributed by atoms with Gasteiger partial charge in [-0.05, 0) is 30.4 Å². The number of aromatic nitrogens is 2. The molecular formula is C26H37N5O5. The summed E-state index contributed by atoms with van der Waals surface area (Å²) in [6.45, 7) is 6.90. The standard InChI is InChI=1S/C26H37N5O5/c1-5-7-12-30-23(27)22(24(33)28-26(30)35)29(13-14-36-4)25(34)18-15-21(32)31(16-18)20-11-9-8-10-19(20)17(3)6-2/h8-11,17-18H,5-7,12-16,27H2,1-4H3,(H,28,33,35)/t17-,18-/m1/s1. The lowest BCUT2D eigenvalue weighted by Gasteiger charge is -2.27. The predicted molar refractivity (Wildman–Crippen MR) is 140 cm³/mol. The summed E-state index contributed by atoms with van der Waals surface area (Å²) < 4.78 is 6.46. The number of carbonyl (C=O) groups is 2. The molecule has 36 heavy (non-hydrogen) atoms. The molecule has 1 aromatic carbocycles. The van der Waals surface area contributed by atoms with Gasteiger partial charge < -0.3 is 20.3 Å². The highest BCUT2D eigenvalue weighted by Crippen LogP contribution is 2.34. The van der Waals surface area contributed by atoms with Crippen LogP contribution in [0.25, 0.3) is 0 Å². The Kier molecular flexibility index (Phi) is 9.08. The molecule has 2 amide bonds. The van der Waals surface area contributed by atoms with Crippen LogP contribution in [0.2, 0.25) is 0 Å². The minimum absolute atomic E-state index is 0.0183. The molecule has 0 aliphatic carbocycles. The summed E-state index contributed by atoms with van der Waals surface area (Å²) in [6.07, 6.45) is 2.44. The molecule has 0 unspecified atom stereocenters. The van der Waals surface area contributed by atoms with Crippen molar-refractivity contribution in [2.24, 2.45) is 5.92 Å². The van der Waals surface area contributed by atoms with E-state index in [2.05, 4.69) is 18.8 Å². The van der Waals surface area contributed by atoms with E-state index in [0.717, 1.165) is 24.1 Å². The fraction of sp³-hybridized carbons (Fsp3) is 0.538. The zero-order valence-corrected chi connectivity index (χ0v) is 21.6. The van der Waals surface area contributed by atoms with Crippen molar-refractivity contribution in [3.63, 3.8) is 0 Å². The normalized spacial score (nSPS) is 16.4. The number of methoxy groups -OCH3 is 1. The number of hydrogen-bond acceptors (Lipinski definition) is 6. The van der Waals surface area contributed by atoms with Crippen molar-refractivity contribution in [2.75, 3.05) is 42.3 Å². The van der Waals surface area contributed by atoms with E-state index in [4.69, 9.17) is 10.5 Å². The van der Waals surface area contributed by atoms with Crippen LogP contribution in [-0.2, 0) is 20.9 Å². The van der Waals surface area contributed by atoms with Crippen LogP contribution in [0.3, 0.4) is 0 Å². The average Bonchev–Trinajstić information content (AvgIpc) is 3.26. The number of hydrogen-bond donors (Lipinski definition) is 2. The lowest BCUT2D eigenvalue weighted by Crippen LogP contribution is -2.45. The molecule has 10 heteroatoms. The molecule has 2 heterocycles. The van der Waals surface area contributed by atoms with E-state index in [9.17, 15) is 19.2 Å². The van der Waals surface area contributed by atoms with Gasteiger partial charge in [-0.2, -0.15) is 0 Å². The van der Waals surface area contributed by atoms with Crippen LogP contribution in [0.15, 0.2) is 33.9 Å². The molecule has 3 N–H and O–H groups in total. The first-order valence-electron chi connectivity index (χ1n) is 12.6. The summed E-state index contributed by atoms with van der Waals surface area (Å²) in [7, 11) is 1.49. The number of nitrogens with one attached hydrogen (secondary N) is 1. The maximum atomic E-state index is 13.8. The number of anilines is 3. The average molecular weight is 500 g/mol. The topological polar surface area (TPSA) is 131 Å². The molecule has 1 saturated heterocycles. The Balaban J connectivity index is 1.97. The molecule has 0 saturated carbocycles. The van der Waals surface area contributed by atoms with Crippen LogP contribution in [0.1, 0.15) is 57.9 Å². The van der Waals surface area contributed by atoms with E-state index >= 15 is 0 Å². The maximum absolute atomic E-state index is 13.8. The van der Waals surface area contributed by atoms with E-state index in [1.165, 1.54) is 16.6 Å². The Hall–Kier alpha value is -3.40. The van der Waals surface area contributed by atoms with Crippen LogP contribution in [0, 0.1) is 5.92 Å². The number of nitrogen functional groups attached to an aromatic ring is 1. The number of para-hydroxylation sites is 1. The van der Waals surface area contributed by atoms with Gasteiger partial charge in [-0.1, -0.05) is 45.4 Å². The zero-order valence-electron chi connectivity index (χ0n) is 21.6. The largest absolute Gasteiger partial charge is 0.383 e. The highest BCUT2D eigenvalue weighted by Gasteiger charge is 2.39. The molecule has 2 aromatic rings. The first-order valence-corrected chi connectivity index (χ1v) is 12.6. The van der Waals surface area contributed by atoms with E-state index in [1.807, 2.05) is 31.2 Å². The van der Waals surface area contributed by atoms with Gasteiger partial charge >= 0.3 is 5.69 Å². The number of aromatic amines is 1. The summed E-state index contributed by atoms with van der Waals surface area (Å²) in [5.41, 5.74) is 6.71. The second kappa shape index (κ2) is 12.0. The minimum atomic E-state index is -0.738. The van der Waals surface area contributed by atoms with Crippen molar-refractivity contribution in [3.05, 3.63) is 50.7 Å². The third kappa shape index (κ3) is 5.53. The van der Waals surface area contributed by atoms with Crippen LogP contribution in [0.4, 0.5) is 17.2 Å². The van der Waals surface area contributed by atoms with Gasteiger partial charge in [0.1, 0.15) is 5.82 Å². The Morgan fingerprint density at radius 3 is 2.64 bits per heavy atom. The number of benzene rings is 1. The monoisotopic (exact) mass is 499 g/mol. The van der Waals surface area contributed by atoms with Crippen molar-refractivity contribution >= 4 is 29.0 Å². The van der Waals surface area contributed by atoms with E-state index in [-0.39, 0.29) is 49.4 Å². The highest BCUT2D eigenvalue weighted by atomic mass is 16.5. The zero-order chi connectivity index (χ0) is 26.4. The summed E-state index contributed by atoms with van der Waals surface area (Å²) in [6, 6.07) is 7.75. The second-order valence-corrected chi connectivity index (χ2v) is 9.25. The lowest BCUT2D eigenvalue weighted by molar-refractivity contribution is -0.124. The molecule has 1 aliphatic rings. The smallest absolute Gasteiger partial charge is 0.330 e. The molecule has 10 nitrogen and oxygen atoms in total. The SMILES string of the molecule is CCCCn1c(N)c(N(CCOC)C(=O)[C@@H]2CC(=O)N(c3ccccc3[C@H](C)CC)C2)c(=O)[nH]c1=O. The number of unbranched alkanes of at least 4 members (excludes halogenated alkanes) is 1. The third-order valence-electron chi connectivity index (χ3n) is 6.85. The molecule has 0 spiro atoms. The molecular weight excluding hydrogens is 462 g/mol. The summed E-state index contributed by atoms with van der Waals surface area (Å²) in [4.78, 5) is 57.3. The Labute approximate surface area is 211 Å². The van der Waals surface area contributed by atoms with Crippen LogP contribution in [0.5, 0.6) is 0 Å². The number of carbonyl (C=O) groups excluding carboxylic acids is 2. The molecule has 1 aromatic heterocycles. The van der Waals surface area contributed by atoms with E-state index in [1.54, 1.807) is 4.90 Å². The summed E-state index contributed by atoms with van der Waals surface area (Å²) in [5.74, 6) is -1.03. The van der Waals surface area contributed by atoms with Gasteiger partial charge in [0.25, 0.3) is 5.56 Å². The maximum Gasteiger partial charge on any atom is 0.330 e. The molecule has 1 aliphatic heterocycles. The third-order valence-corrected chi connectivity index (χ3v) is 6.85. The fourth-order valence-electron chi connectivity index (χ4n) is 4.59. The van der Waals surface area contributed by atoms with Gasteiger partial charge in [-0.25, -0.2) is 4.79 Å². The number of nitrogens with zero attached hydrogens (tertiary/aromatic N) is 3. The Bertz CT molecular complexity index is 1200. The van der Waals surface area contributed by atoms with Crippen molar-refractivity contribution in [2.45, 2.75) is 58.9 Å². The van der Waals surface area contributed by atoms with Crippen molar-refractivity contribution in [1.82, 2.24) is 9.55 Å². The summed E-state index contributed by atoms with van der Waals surface area (Å²) >= 11 is 0. The van der Waals surface area contributed by atoms with Gasteiger partial charge in [0.2, 0.25) is 11.8 Å². The van der Waals surface area contributed by atoms with Gasteiger partial charge in [0, 0.05) is 38.9 Å². The molecule has 0 radical (unpaired) electrons. The van der Waals surface area contributed by atoms with Gasteiger partial charge in [-0.3, -0.25) is 23.9 Å². The number of ether oxygens (including phenoxy) is 1. The van der Waals surface area contributed by atoms with Gasteiger partial charge in [0.15, 0.2) is 5.69 Å². The molecule has 3 rings (SSSR count). The second-order valence-electron chi connectivity index (χ2n) is 9.25. The molecule has 196 valence electrons. The molecule has 1 fully saturated rings. The quantitative estimate of drug-likeness (QED) is 0.488. The van der Waals surface area contributed by atoms with E-state index < -0.39 is 23.1 Å². The lowest BCUT2D eigenvalue weighted by atomic mass is 9.96. The van der Waals surface area contributed by atoms with Crippen molar-refractivity contribution in [1.29, 1.82) is 0 Å². The number of amides is 2. The number of H-pyrrole nitrogens is 1. The molecule has 2 atom stereocenters. The first-order chi connectivity index (χ1) is 17.2. The van der Waals surface area contributed by atoms with Crippen LogP contribution >= 0.6 is 0 Å². The minimum Gasteiger partial charge on any atom is -0.383 e. The van der Waals surface area contributed by atoms with Gasteiger partial charge in [-0.15, -0.1) is 0 Å². The number of rotatable bonds is 11. The van der Waals surface area contributed by atoms with Crippen molar-refractivity contribution in [3.8, 4) is 0 Å². The van der Waals surface area contributed by atoms with Gasteiger partial charge in [0.05, 0.1) is 12.5 Å². The molecule has 0 bridgehead atoms. The van der Waals surface area contributed by atoms with Crippen LogP contribution < -0.4 is 26.8 Å². The summed E-state index contributed by atoms with van der Waals surface area (Å²) in [5, 5.41) is 0. The first kappa shape index (κ1) is 27.2. The predicted octanol–water partition coefficient (Wildman–Crippen LogP) is 2.46. The number of nitrogens with two attached hydrogens (primary N) is 1. The Morgan fingerprint density at radius 1 is 1.25 bits per heavy atom.